The number of halogens is 1. The summed E-state index contributed by atoms with van der Waals surface area (Å²) in [5, 5.41) is 15.1. The monoisotopic (exact) mass is 411 g/mol. The first kappa shape index (κ1) is 19.9. The van der Waals surface area contributed by atoms with Crippen LogP contribution < -0.4 is 15.4 Å². The van der Waals surface area contributed by atoms with E-state index in [2.05, 4.69) is 10.6 Å². The van der Waals surface area contributed by atoms with Gasteiger partial charge in [-0.3, -0.25) is 9.59 Å². The van der Waals surface area contributed by atoms with Crippen LogP contribution in [-0.2, 0) is 11.4 Å². The van der Waals surface area contributed by atoms with E-state index < -0.39 is 24.0 Å². The number of carbonyl (C=O) groups excluding carboxylic acids is 2. The Hall–Kier alpha value is -3.39. The molecule has 156 valence electrons. The highest BCUT2D eigenvalue weighted by Gasteiger charge is 2.43. The van der Waals surface area contributed by atoms with Gasteiger partial charge in [0.25, 0.3) is 5.91 Å². The summed E-state index contributed by atoms with van der Waals surface area (Å²) < 4.78 is 21.2. The lowest BCUT2D eigenvalue weighted by Crippen LogP contribution is -2.56. The van der Waals surface area contributed by atoms with Gasteiger partial charge in [-0.25, -0.2) is 4.39 Å². The van der Waals surface area contributed by atoms with E-state index in [1.165, 1.54) is 6.07 Å². The second kappa shape index (κ2) is 7.79. The molecular formula is C22H22FN3O4. The second-order valence-electron chi connectivity index (χ2n) is 7.42. The van der Waals surface area contributed by atoms with Gasteiger partial charge in [0.2, 0.25) is 5.91 Å². The molecule has 0 radical (unpaired) electrons. The summed E-state index contributed by atoms with van der Waals surface area (Å²) in [6, 6.07) is 11.8. The van der Waals surface area contributed by atoms with Crippen molar-refractivity contribution in [2.45, 2.75) is 25.5 Å². The lowest BCUT2D eigenvalue weighted by Gasteiger charge is -2.25. The third kappa shape index (κ3) is 3.50. The molecule has 1 aromatic carbocycles. The Morgan fingerprint density at radius 3 is 2.83 bits per heavy atom. The summed E-state index contributed by atoms with van der Waals surface area (Å²) in [7, 11) is 0. The number of hydrogen-bond acceptors (Lipinski definition) is 4. The number of hydrogen-bond donors (Lipinski definition) is 3. The van der Waals surface area contributed by atoms with E-state index in [9.17, 15) is 19.1 Å². The molecular weight excluding hydrogens is 389 g/mol. The first-order chi connectivity index (χ1) is 14.4. The molecule has 0 spiro atoms. The predicted molar refractivity (Wildman–Crippen MR) is 108 cm³/mol. The Morgan fingerprint density at radius 2 is 2.13 bits per heavy atom. The molecule has 4 rings (SSSR count). The van der Waals surface area contributed by atoms with Crippen molar-refractivity contribution in [3.8, 4) is 5.75 Å². The highest BCUT2D eigenvalue weighted by molar-refractivity contribution is 6.01. The number of pyridine rings is 1. The van der Waals surface area contributed by atoms with Gasteiger partial charge in [-0.05, 0) is 43.2 Å². The van der Waals surface area contributed by atoms with Crippen LogP contribution in [0.25, 0.3) is 5.52 Å². The van der Waals surface area contributed by atoms with Crippen LogP contribution in [0, 0.1) is 12.7 Å². The number of rotatable bonds is 6. The van der Waals surface area contributed by atoms with Crippen LogP contribution in [0.5, 0.6) is 5.75 Å². The normalized spacial score (nSPS) is 18.4. The van der Waals surface area contributed by atoms with Gasteiger partial charge >= 0.3 is 0 Å². The zero-order valence-corrected chi connectivity index (χ0v) is 16.4. The molecule has 1 aliphatic rings. The summed E-state index contributed by atoms with van der Waals surface area (Å²) >= 11 is 0. The summed E-state index contributed by atoms with van der Waals surface area (Å²) in [6.07, 6.45) is 1.96. The molecule has 1 aliphatic heterocycles. The lowest BCUT2D eigenvalue weighted by atomic mass is 9.98. The van der Waals surface area contributed by atoms with Crippen LogP contribution in [0.3, 0.4) is 0 Å². The molecule has 1 saturated heterocycles. The number of ether oxygens (including phenoxy) is 1. The minimum atomic E-state index is -1.33. The van der Waals surface area contributed by atoms with Crippen molar-refractivity contribution < 1.29 is 23.8 Å². The van der Waals surface area contributed by atoms with Crippen molar-refractivity contribution in [1.82, 2.24) is 15.0 Å². The Labute approximate surface area is 172 Å². The van der Waals surface area contributed by atoms with Gasteiger partial charge < -0.3 is 24.9 Å². The topological polar surface area (TPSA) is 92.1 Å². The Balaban J connectivity index is 1.61. The molecule has 30 heavy (non-hydrogen) atoms. The van der Waals surface area contributed by atoms with E-state index in [0.29, 0.717) is 35.5 Å². The number of aliphatic hydroxyl groups excluding tert-OH is 1. The molecule has 1 atom stereocenters. The van der Waals surface area contributed by atoms with Crippen molar-refractivity contribution in [3.05, 3.63) is 71.3 Å². The maximum Gasteiger partial charge on any atom is 0.269 e. The van der Waals surface area contributed by atoms with Crippen LogP contribution >= 0.6 is 0 Å². The third-order valence-electron chi connectivity index (χ3n) is 5.39. The summed E-state index contributed by atoms with van der Waals surface area (Å²) in [5.41, 5.74) is 0.924. The molecule has 1 fully saturated rings. The number of aromatic nitrogens is 1. The van der Waals surface area contributed by atoms with Crippen LogP contribution in [-0.4, -0.2) is 40.0 Å². The smallest absolute Gasteiger partial charge is 0.269 e. The minimum absolute atomic E-state index is 0.0494. The average Bonchev–Trinajstić information content (AvgIpc) is 3.26. The number of carbonyl (C=O) groups is 2. The maximum absolute atomic E-state index is 13.8. The van der Waals surface area contributed by atoms with Crippen molar-refractivity contribution in [2.75, 3.05) is 13.2 Å². The SMILES string of the molecule is Cc1cc2ccc(OCc3ccccc3F)cn2c1C(=O)NC1(CO)CCNC1=O. The summed E-state index contributed by atoms with van der Waals surface area (Å²) in [6.45, 7) is 1.75. The van der Waals surface area contributed by atoms with Gasteiger partial charge in [-0.1, -0.05) is 18.2 Å². The van der Waals surface area contributed by atoms with Crippen LogP contribution in [0.2, 0.25) is 0 Å². The van der Waals surface area contributed by atoms with E-state index >= 15 is 0 Å². The van der Waals surface area contributed by atoms with E-state index in [-0.39, 0.29) is 12.4 Å². The van der Waals surface area contributed by atoms with Crippen molar-refractivity contribution in [1.29, 1.82) is 0 Å². The zero-order chi connectivity index (χ0) is 21.3. The van der Waals surface area contributed by atoms with Gasteiger partial charge in [-0.2, -0.15) is 0 Å². The number of aliphatic hydroxyl groups is 1. The molecule has 3 N–H and O–H groups in total. The van der Waals surface area contributed by atoms with Crippen molar-refractivity contribution in [3.63, 3.8) is 0 Å². The highest BCUT2D eigenvalue weighted by Crippen LogP contribution is 2.23. The van der Waals surface area contributed by atoms with Crippen LogP contribution in [0.4, 0.5) is 4.39 Å². The molecule has 7 nitrogen and oxygen atoms in total. The van der Waals surface area contributed by atoms with Gasteiger partial charge in [-0.15, -0.1) is 0 Å². The maximum atomic E-state index is 13.8. The molecule has 2 aromatic heterocycles. The zero-order valence-electron chi connectivity index (χ0n) is 16.4. The predicted octanol–water partition coefficient (Wildman–Crippen LogP) is 1.95. The Morgan fingerprint density at radius 1 is 1.33 bits per heavy atom. The van der Waals surface area contributed by atoms with E-state index in [0.717, 1.165) is 5.52 Å². The molecule has 3 aromatic rings. The number of benzene rings is 1. The molecule has 1 unspecified atom stereocenters. The van der Waals surface area contributed by atoms with Gasteiger partial charge in [0.1, 0.15) is 29.4 Å². The lowest BCUT2D eigenvalue weighted by molar-refractivity contribution is -0.125. The largest absolute Gasteiger partial charge is 0.487 e. The molecule has 0 saturated carbocycles. The van der Waals surface area contributed by atoms with Gasteiger partial charge in [0, 0.05) is 17.6 Å². The first-order valence-electron chi connectivity index (χ1n) is 9.63. The fourth-order valence-electron chi connectivity index (χ4n) is 3.69. The first-order valence-corrected chi connectivity index (χ1v) is 9.63. The van der Waals surface area contributed by atoms with E-state index in [4.69, 9.17) is 4.74 Å². The molecule has 2 amide bonds. The Kier molecular flexibility index (Phi) is 5.17. The third-order valence-corrected chi connectivity index (χ3v) is 5.39. The van der Waals surface area contributed by atoms with Crippen LogP contribution in [0.1, 0.15) is 28.0 Å². The van der Waals surface area contributed by atoms with Crippen LogP contribution in [0.15, 0.2) is 48.7 Å². The number of amides is 2. The van der Waals surface area contributed by atoms with Gasteiger partial charge in [0.05, 0.1) is 12.8 Å². The number of nitrogens with zero attached hydrogens (tertiary/aromatic N) is 1. The summed E-state index contributed by atoms with van der Waals surface area (Å²) in [5.74, 6) is -0.749. The number of nitrogens with one attached hydrogen (secondary N) is 2. The van der Waals surface area contributed by atoms with E-state index in [1.54, 1.807) is 47.9 Å². The Bertz CT molecular complexity index is 1130. The van der Waals surface area contributed by atoms with Crippen molar-refractivity contribution in [2.24, 2.45) is 0 Å². The summed E-state index contributed by atoms with van der Waals surface area (Å²) in [4.78, 5) is 25.2. The molecule has 8 heteroatoms. The van der Waals surface area contributed by atoms with E-state index in [1.807, 2.05) is 6.07 Å². The standard InChI is InChI=1S/C22H22FN3O4/c1-14-10-16-6-7-17(30-12-15-4-2-3-5-18(15)23)11-26(16)19(14)20(28)25-22(13-27)8-9-24-21(22)29/h2-7,10-11,27H,8-9,12-13H2,1H3,(H,24,29)(H,25,28). The minimum Gasteiger partial charge on any atom is -0.487 e. The fourth-order valence-corrected chi connectivity index (χ4v) is 3.69. The highest BCUT2D eigenvalue weighted by atomic mass is 19.1. The molecule has 0 aliphatic carbocycles. The quantitative estimate of drug-likeness (QED) is 0.578. The fraction of sp³-hybridized carbons (Fsp3) is 0.273. The van der Waals surface area contributed by atoms with Gasteiger partial charge in [0.15, 0.2) is 0 Å². The van der Waals surface area contributed by atoms with Crippen molar-refractivity contribution >= 4 is 17.3 Å². The number of fused-ring (bicyclic) bond motifs is 1. The second-order valence-corrected chi connectivity index (χ2v) is 7.42. The number of aryl methyl sites for hydroxylation is 1. The average molecular weight is 411 g/mol. The molecule has 0 bridgehead atoms. The molecule has 3 heterocycles.